The number of benzene rings is 1. The van der Waals surface area contributed by atoms with Crippen molar-refractivity contribution >= 4 is 50.4 Å². The van der Waals surface area contributed by atoms with E-state index in [2.05, 4.69) is 35.1 Å². The summed E-state index contributed by atoms with van der Waals surface area (Å²) in [6, 6.07) is 5.53. The highest BCUT2D eigenvalue weighted by molar-refractivity contribution is 7.93. The van der Waals surface area contributed by atoms with Gasteiger partial charge in [-0.2, -0.15) is 0 Å². The van der Waals surface area contributed by atoms with Crippen LogP contribution in [0.2, 0.25) is 5.02 Å². The summed E-state index contributed by atoms with van der Waals surface area (Å²) >= 11 is 7.17. The molecule has 178 valence electrons. The molecule has 1 amide bonds. The zero-order valence-electron chi connectivity index (χ0n) is 19.5. The molecule has 0 aliphatic rings. The first-order valence-electron chi connectivity index (χ1n) is 10.6. The highest BCUT2D eigenvalue weighted by Crippen LogP contribution is 2.33. The number of rotatable bonds is 8. The lowest BCUT2D eigenvalue weighted by atomic mass is 9.97. The molecule has 0 atom stereocenters. The molecular formula is C23H28ClN3O4S2. The lowest BCUT2D eigenvalue weighted by Gasteiger charge is -2.16. The van der Waals surface area contributed by atoms with Gasteiger partial charge in [0.25, 0.3) is 21.8 Å². The van der Waals surface area contributed by atoms with Gasteiger partial charge in [0, 0.05) is 10.6 Å². The number of sulfonamides is 1. The van der Waals surface area contributed by atoms with E-state index in [0.717, 1.165) is 46.6 Å². The Morgan fingerprint density at radius 1 is 1.18 bits per heavy atom. The van der Waals surface area contributed by atoms with Gasteiger partial charge in [-0.1, -0.05) is 48.3 Å². The molecular weight excluding hydrogens is 482 g/mol. The van der Waals surface area contributed by atoms with E-state index in [1.165, 1.54) is 6.07 Å². The number of hydrogen-bond acceptors (Lipinski definition) is 6. The van der Waals surface area contributed by atoms with Crippen LogP contribution in [0.5, 0.6) is 0 Å². The van der Waals surface area contributed by atoms with Crippen molar-refractivity contribution in [1.29, 1.82) is 0 Å². The van der Waals surface area contributed by atoms with Gasteiger partial charge in [0.2, 0.25) is 0 Å². The molecule has 0 radical (unpaired) electrons. The van der Waals surface area contributed by atoms with Crippen LogP contribution in [0.1, 0.15) is 57.2 Å². The molecule has 0 saturated heterocycles. The Labute approximate surface area is 203 Å². The van der Waals surface area contributed by atoms with Crippen molar-refractivity contribution in [3.05, 3.63) is 55.4 Å². The van der Waals surface area contributed by atoms with Crippen LogP contribution < -0.4 is 10.0 Å². The summed E-state index contributed by atoms with van der Waals surface area (Å²) in [6.07, 6.45) is 1.79. The number of nitrogens with one attached hydrogen (secondary N) is 2. The Bertz CT molecular complexity index is 1290. The molecule has 0 saturated carbocycles. The molecule has 0 fully saturated rings. The number of halogens is 1. The Morgan fingerprint density at radius 2 is 1.88 bits per heavy atom. The van der Waals surface area contributed by atoms with Gasteiger partial charge in [0.15, 0.2) is 0 Å². The van der Waals surface area contributed by atoms with E-state index in [9.17, 15) is 13.2 Å². The smallest absolute Gasteiger partial charge is 0.267 e. The summed E-state index contributed by atoms with van der Waals surface area (Å²) in [5.74, 6) is -0.149. The second-order valence-electron chi connectivity index (χ2n) is 8.57. The second-order valence-corrected chi connectivity index (χ2v) is 11.9. The number of thiophene rings is 1. The van der Waals surface area contributed by atoms with Gasteiger partial charge in [-0.15, -0.1) is 11.3 Å². The number of hydrogen-bond donors (Lipinski definition) is 2. The molecule has 2 heterocycles. The summed E-state index contributed by atoms with van der Waals surface area (Å²) in [5, 5.41) is 6.70. The molecule has 10 heteroatoms. The highest BCUT2D eigenvalue weighted by Gasteiger charge is 2.28. The predicted octanol–water partition coefficient (Wildman–Crippen LogP) is 6.26. The van der Waals surface area contributed by atoms with Gasteiger partial charge in [-0.05, 0) is 63.6 Å². The fourth-order valence-electron chi connectivity index (χ4n) is 3.49. The van der Waals surface area contributed by atoms with Gasteiger partial charge >= 0.3 is 0 Å². The van der Waals surface area contributed by atoms with Crippen LogP contribution in [-0.2, 0) is 16.4 Å². The van der Waals surface area contributed by atoms with Crippen molar-refractivity contribution < 1.29 is 17.7 Å². The van der Waals surface area contributed by atoms with Crippen molar-refractivity contribution in [3.8, 4) is 0 Å². The number of carbonyl (C=O) groups excluding carboxylic acids is 1. The topological polar surface area (TPSA) is 101 Å². The molecule has 0 aliphatic heterocycles. The van der Waals surface area contributed by atoms with E-state index in [4.69, 9.17) is 16.1 Å². The van der Waals surface area contributed by atoms with Crippen LogP contribution in [0, 0.1) is 33.6 Å². The minimum Gasteiger partial charge on any atom is -0.336 e. The first-order chi connectivity index (χ1) is 15.4. The SMILES string of the molecule is Cc1cc(C)c(NC(=O)c2sc(C)cc2S(=O)(=O)Nc2onc(C)c2Cl)c(CCC(C)C)c1. The van der Waals surface area contributed by atoms with Gasteiger partial charge in [-0.3, -0.25) is 4.79 Å². The molecule has 3 aromatic rings. The maximum absolute atomic E-state index is 13.3. The molecule has 0 aliphatic carbocycles. The van der Waals surface area contributed by atoms with E-state index in [0.29, 0.717) is 16.5 Å². The number of aromatic nitrogens is 1. The fraction of sp³-hybridized carbons (Fsp3) is 0.391. The molecule has 3 rings (SSSR count). The molecule has 1 aromatic carbocycles. The van der Waals surface area contributed by atoms with E-state index >= 15 is 0 Å². The highest BCUT2D eigenvalue weighted by atomic mass is 35.5. The zero-order valence-corrected chi connectivity index (χ0v) is 21.9. The zero-order chi connectivity index (χ0) is 24.5. The molecule has 33 heavy (non-hydrogen) atoms. The van der Waals surface area contributed by atoms with Gasteiger partial charge in [-0.25, -0.2) is 13.1 Å². The predicted molar refractivity (Wildman–Crippen MR) is 133 cm³/mol. The van der Waals surface area contributed by atoms with Crippen LogP contribution in [0.4, 0.5) is 11.6 Å². The van der Waals surface area contributed by atoms with E-state index in [-0.39, 0.29) is 20.7 Å². The first kappa shape index (κ1) is 25.3. The van der Waals surface area contributed by atoms with Crippen LogP contribution in [0.25, 0.3) is 0 Å². The minimum atomic E-state index is -4.14. The van der Waals surface area contributed by atoms with Crippen LogP contribution >= 0.6 is 22.9 Å². The average Bonchev–Trinajstić information content (AvgIpc) is 3.26. The third-order valence-electron chi connectivity index (χ3n) is 5.13. The Balaban J connectivity index is 1.95. The largest absolute Gasteiger partial charge is 0.336 e. The van der Waals surface area contributed by atoms with Crippen LogP contribution in [0.15, 0.2) is 27.6 Å². The van der Waals surface area contributed by atoms with Crippen molar-refractivity contribution in [2.24, 2.45) is 5.92 Å². The first-order valence-corrected chi connectivity index (χ1v) is 13.2. The summed E-state index contributed by atoms with van der Waals surface area (Å²) in [7, 11) is -4.14. The maximum Gasteiger partial charge on any atom is 0.267 e. The molecule has 0 spiro atoms. The molecule has 2 aromatic heterocycles. The number of carbonyl (C=O) groups is 1. The lowest BCUT2D eigenvalue weighted by molar-refractivity contribution is 0.102. The normalized spacial score (nSPS) is 11.8. The summed E-state index contributed by atoms with van der Waals surface area (Å²) in [4.78, 5) is 13.9. The van der Waals surface area contributed by atoms with Gasteiger partial charge in [0.1, 0.15) is 20.5 Å². The van der Waals surface area contributed by atoms with Crippen LogP contribution in [-0.4, -0.2) is 19.5 Å². The standard InChI is InChI=1S/C23H28ClN3O4S2/c1-12(2)7-8-17-10-13(3)9-14(4)20(17)25-22(28)21-18(11-15(5)32-21)33(29,30)27-23-19(24)16(6)26-31-23/h9-12,27H,7-8H2,1-6H3,(H,25,28). The lowest BCUT2D eigenvalue weighted by Crippen LogP contribution is -2.19. The number of nitrogens with zero attached hydrogens (tertiary/aromatic N) is 1. The molecule has 7 nitrogen and oxygen atoms in total. The van der Waals surface area contributed by atoms with Gasteiger partial charge in [0.05, 0.1) is 0 Å². The van der Waals surface area contributed by atoms with Crippen molar-refractivity contribution in [3.63, 3.8) is 0 Å². The number of anilines is 2. The average molecular weight is 510 g/mol. The summed E-state index contributed by atoms with van der Waals surface area (Å²) < 4.78 is 33.4. The van der Waals surface area contributed by atoms with E-state index < -0.39 is 15.9 Å². The maximum atomic E-state index is 13.3. The monoisotopic (exact) mass is 509 g/mol. The van der Waals surface area contributed by atoms with E-state index in [1.54, 1.807) is 13.8 Å². The van der Waals surface area contributed by atoms with Crippen molar-refractivity contribution in [1.82, 2.24) is 5.16 Å². The van der Waals surface area contributed by atoms with Crippen LogP contribution in [0.3, 0.4) is 0 Å². The van der Waals surface area contributed by atoms with Crippen molar-refractivity contribution in [2.75, 3.05) is 10.0 Å². The molecule has 0 unspecified atom stereocenters. The van der Waals surface area contributed by atoms with E-state index in [1.807, 2.05) is 19.9 Å². The summed E-state index contributed by atoms with van der Waals surface area (Å²) in [5.41, 5.74) is 4.17. The Morgan fingerprint density at radius 3 is 2.48 bits per heavy atom. The number of aryl methyl sites for hydroxylation is 5. The number of amides is 1. The third-order valence-corrected chi connectivity index (χ3v) is 8.10. The molecule has 2 N–H and O–H groups in total. The minimum absolute atomic E-state index is 0.0709. The molecule has 0 bridgehead atoms. The fourth-order valence-corrected chi connectivity index (χ4v) is 6.16. The third kappa shape index (κ3) is 5.77. The summed E-state index contributed by atoms with van der Waals surface area (Å²) in [6.45, 7) is 11.6. The van der Waals surface area contributed by atoms with Gasteiger partial charge < -0.3 is 9.84 Å². The quantitative estimate of drug-likeness (QED) is 0.373. The Hall–Kier alpha value is -2.36. The Kier molecular flexibility index (Phi) is 7.55. The second kappa shape index (κ2) is 9.87. The van der Waals surface area contributed by atoms with Crippen molar-refractivity contribution in [2.45, 2.75) is 59.3 Å².